The van der Waals surface area contributed by atoms with Crippen molar-refractivity contribution in [2.75, 3.05) is 6.61 Å². The fourth-order valence-electron chi connectivity index (χ4n) is 2.56. The number of hydrogen-bond donors (Lipinski definition) is 2. The van der Waals surface area contributed by atoms with E-state index in [0.717, 1.165) is 15.8 Å². The molecule has 0 fully saturated rings. The van der Waals surface area contributed by atoms with Crippen molar-refractivity contribution in [1.82, 2.24) is 10.3 Å². The summed E-state index contributed by atoms with van der Waals surface area (Å²) in [4.78, 5) is 27.1. The highest BCUT2D eigenvalue weighted by atomic mass is 79.9. The third kappa shape index (κ3) is 4.09. The molecule has 3 rings (SSSR count). The van der Waals surface area contributed by atoms with Gasteiger partial charge in [-0.15, -0.1) is 0 Å². The van der Waals surface area contributed by atoms with Crippen molar-refractivity contribution < 1.29 is 9.53 Å². The van der Waals surface area contributed by atoms with Gasteiger partial charge in [-0.1, -0.05) is 28.1 Å². The van der Waals surface area contributed by atoms with Crippen LogP contribution >= 0.6 is 15.9 Å². The van der Waals surface area contributed by atoms with E-state index in [2.05, 4.69) is 26.2 Å². The van der Waals surface area contributed by atoms with Gasteiger partial charge in [0.15, 0.2) is 0 Å². The Labute approximate surface area is 153 Å². The Balaban J connectivity index is 1.80. The van der Waals surface area contributed by atoms with Crippen molar-refractivity contribution in [3.8, 4) is 5.75 Å². The number of carbonyl (C=O) groups is 1. The lowest BCUT2D eigenvalue weighted by atomic mass is 10.1. The summed E-state index contributed by atoms with van der Waals surface area (Å²) < 4.78 is 6.24. The van der Waals surface area contributed by atoms with E-state index in [9.17, 15) is 9.59 Å². The van der Waals surface area contributed by atoms with Crippen molar-refractivity contribution in [3.63, 3.8) is 0 Å². The number of halogens is 1. The highest BCUT2D eigenvalue weighted by molar-refractivity contribution is 9.10. The summed E-state index contributed by atoms with van der Waals surface area (Å²) in [6.07, 6.45) is 0. The van der Waals surface area contributed by atoms with Crippen molar-refractivity contribution >= 4 is 32.7 Å². The van der Waals surface area contributed by atoms with E-state index in [1.165, 1.54) is 6.07 Å². The SMILES string of the molecule is CCOc1ccc(CNC(=O)c2cc(=O)[nH]c3ccc(Br)cc23)cc1. The van der Waals surface area contributed by atoms with E-state index in [-0.39, 0.29) is 11.5 Å². The fraction of sp³-hybridized carbons (Fsp3) is 0.158. The van der Waals surface area contributed by atoms with Crippen LogP contribution in [0, 0.1) is 0 Å². The van der Waals surface area contributed by atoms with Crippen LogP contribution in [0.1, 0.15) is 22.8 Å². The third-order valence-corrected chi connectivity index (χ3v) is 4.23. The molecular formula is C19H17BrN2O3. The van der Waals surface area contributed by atoms with Crippen LogP contribution in [0.15, 0.2) is 57.8 Å². The molecule has 0 aliphatic carbocycles. The van der Waals surface area contributed by atoms with Crippen LogP contribution in [0.5, 0.6) is 5.75 Å². The van der Waals surface area contributed by atoms with Crippen LogP contribution < -0.4 is 15.6 Å². The van der Waals surface area contributed by atoms with Gasteiger partial charge in [0.05, 0.1) is 12.2 Å². The number of H-pyrrole nitrogens is 1. The molecule has 0 aliphatic heterocycles. The quantitative estimate of drug-likeness (QED) is 0.686. The first kappa shape index (κ1) is 17.2. The Morgan fingerprint density at radius 2 is 1.92 bits per heavy atom. The van der Waals surface area contributed by atoms with Gasteiger partial charge in [0.2, 0.25) is 5.56 Å². The molecule has 2 N–H and O–H groups in total. The monoisotopic (exact) mass is 400 g/mol. The van der Waals surface area contributed by atoms with Gasteiger partial charge >= 0.3 is 0 Å². The minimum absolute atomic E-state index is 0.289. The molecule has 5 nitrogen and oxygen atoms in total. The largest absolute Gasteiger partial charge is 0.494 e. The molecule has 128 valence electrons. The van der Waals surface area contributed by atoms with E-state index in [1.807, 2.05) is 43.3 Å². The number of fused-ring (bicyclic) bond motifs is 1. The van der Waals surface area contributed by atoms with Crippen LogP contribution in [-0.2, 0) is 6.54 Å². The number of benzene rings is 2. The van der Waals surface area contributed by atoms with E-state index in [4.69, 9.17) is 4.74 Å². The molecule has 0 unspecified atom stereocenters. The number of aromatic amines is 1. The summed E-state index contributed by atoms with van der Waals surface area (Å²) in [5.74, 6) is 0.506. The Hall–Kier alpha value is -2.60. The summed E-state index contributed by atoms with van der Waals surface area (Å²) in [7, 11) is 0. The molecule has 1 amide bonds. The van der Waals surface area contributed by atoms with Crippen molar-refractivity contribution in [2.24, 2.45) is 0 Å². The molecule has 0 aliphatic rings. The second-order valence-corrected chi connectivity index (χ2v) is 6.41. The normalized spacial score (nSPS) is 10.6. The first-order valence-corrected chi connectivity index (χ1v) is 8.68. The van der Waals surface area contributed by atoms with Crippen LogP contribution in [0.2, 0.25) is 0 Å². The molecule has 1 heterocycles. The van der Waals surface area contributed by atoms with Crippen LogP contribution in [0.3, 0.4) is 0 Å². The van der Waals surface area contributed by atoms with E-state index >= 15 is 0 Å². The minimum Gasteiger partial charge on any atom is -0.494 e. The average molecular weight is 401 g/mol. The molecule has 0 saturated carbocycles. The van der Waals surface area contributed by atoms with E-state index in [1.54, 1.807) is 6.07 Å². The van der Waals surface area contributed by atoms with Gasteiger partial charge in [-0.25, -0.2) is 0 Å². The summed E-state index contributed by atoms with van der Waals surface area (Å²) in [6.45, 7) is 2.91. The van der Waals surface area contributed by atoms with Gasteiger partial charge in [-0.2, -0.15) is 0 Å². The van der Waals surface area contributed by atoms with Crippen LogP contribution in [0.4, 0.5) is 0 Å². The molecule has 3 aromatic rings. The summed E-state index contributed by atoms with van der Waals surface area (Å²) >= 11 is 3.39. The number of amides is 1. The van der Waals surface area contributed by atoms with E-state index in [0.29, 0.717) is 29.6 Å². The zero-order chi connectivity index (χ0) is 17.8. The molecule has 0 radical (unpaired) electrons. The molecule has 0 bridgehead atoms. The van der Waals surface area contributed by atoms with Gasteiger partial charge in [-0.05, 0) is 42.8 Å². The number of hydrogen-bond acceptors (Lipinski definition) is 3. The minimum atomic E-state index is -0.305. The molecule has 0 spiro atoms. The average Bonchev–Trinajstić information content (AvgIpc) is 2.61. The Bertz CT molecular complexity index is 965. The van der Waals surface area contributed by atoms with E-state index < -0.39 is 0 Å². The zero-order valence-electron chi connectivity index (χ0n) is 13.6. The second-order valence-electron chi connectivity index (χ2n) is 5.50. The Morgan fingerprint density at radius 1 is 1.16 bits per heavy atom. The maximum atomic E-state index is 12.6. The predicted octanol–water partition coefficient (Wildman–Crippen LogP) is 3.62. The number of aromatic nitrogens is 1. The Kier molecular flexibility index (Phi) is 5.19. The summed E-state index contributed by atoms with van der Waals surface area (Å²) in [6, 6.07) is 14.3. The zero-order valence-corrected chi connectivity index (χ0v) is 15.2. The van der Waals surface area contributed by atoms with Gasteiger partial charge in [-0.3, -0.25) is 9.59 Å². The molecule has 1 aromatic heterocycles. The first-order valence-electron chi connectivity index (χ1n) is 7.89. The highest BCUT2D eigenvalue weighted by Gasteiger charge is 2.12. The lowest BCUT2D eigenvalue weighted by Crippen LogP contribution is -2.24. The maximum absolute atomic E-state index is 12.6. The lowest BCUT2D eigenvalue weighted by molar-refractivity contribution is 0.0952. The molecule has 0 atom stereocenters. The maximum Gasteiger partial charge on any atom is 0.252 e. The van der Waals surface area contributed by atoms with Gasteiger partial charge < -0.3 is 15.0 Å². The number of rotatable bonds is 5. The van der Waals surface area contributed by atoms with Crippen molar-refractivity contribution in [1.29, 1.82) is 0 Å². The number of nitrogens with one attached hydrogen (secondary N) is 2. The van der Waals surface area contributed by atoms with Crippen molar-refractivity contribution in [2.45, 2.75) is 13.5 Å². The molecule has 6 heteroatoms. The van der Waals surface area contributed by atoms with Crippen LogP contribution in [0.25, 0.3) is 10.9 Å². The summed E-state index contributed by atoms with van der Waals surface area (Å²) in [5.41, 5.74) is 1.63. The smallest absolute Gasteiger partial charge is 0.252 e. The topological polar surface area (TPSA) is 71.2 Å². The number of ether oxygens (including phenoxy) is 1. The second kappa shape index (κ2) is 7.53. The van der Waals surface area contributed by atoms with Crippen LogP contribution in [-0.4, -0.2) is 17.5 Å². The first-order chi connectivity index (χ1) is 12.1. The Morgan fingerprint density at radius 3 is 2.64 bits per heavy atom. The highest BCUT2D eigenvalue weighted by Crippen LogP contribution is 2.20. The fourth-order valence-corrected chi connectivity index (χ4v) is 2.92. The number of carbonyl (C=O) groups excluding carboxylic acids is 1. The molecular weight excluding hydrogens is 384 g/mol. The van der Waals surface area contributed by atoms with Gasteiger partial charge in [0.25, 0.3) is 5.91 Å². The number of pyridine rings is 1. The predicted molar refractivity (Wildman–Crippen MR) is 101 cm³/mol. The summed E-state index contributed by atoms with van der Waals surface area (Å²) in [5, 5.41) is 3.55. The molecule has 2 aromatic carbocycles. The molecule has 0 saturated heterocycles. The third-order valence-electron chi connectivity index (χ3n) is 3.74. The van der Waals surface area contributed by atoms with Crippen molar-refractivity contribution in [3.05, 3.63) is 74.5 Å². The molecule has 25 heavy (non-hydrogen) atoms. The standard InChI is InChI=1S/C19H17BrN2O3/c1-2-25-14-6-3-12(4-7-14)11-21-19(24)16-10-18(23)22-17-8-5-13(20)9-15(16)17/h3-10H,2,11H2,1H3,(H,21,24)(H,22,23). The van der Waals surface area contributed by atoms with Gasteiger partial charge in [0, 0.05) is 28.0 Å². The lowest BCUT2D eigenvalue weighted by Gasteiger charge is -2.09. The van der Waals surface area contributed by atoms with Gasteiger partial charge in [0.1, 0.15) is 5.75 Å².